The van der Waals surface area contributed by atoms with Crippen molar-refractivity contribution in [1.29, 1.82) is 0 Å². The number of primary amides is 1. The number of rotatable bonds is 4. The van der Waals surface area contributed by atoms with E-state index in [4.69, 9.17) is 5.73 Å². The summed E-state index contributed by atoms with van der Waals surface area (Å²) >= 11 is 1.40. The van der Waals surface area contributed by atoms with Gasteiger partial charge in [-0.15, -0.1) is 11.3 Å². The van der Waals surface area contributed by atoms with Crippen molar-refractivity contribution in [1.82, 2.24) is 0 Å². The summed E-state index contributed by atoms with van der Waals surface area (Å²) in [6.07, 6.45) is 1.85. The van der Waals surface area contributed by atoms with Crippen molar-refractivity contribution in [2.75, 3.05) is 5.32 Å². The minimum atomic E-state index is -0.510. The van der Waals surface area contributed by atoms with Crippen LogP contribution in [-0.4, -0.2) is 11.8 Å². The van der Waals surface area contributed by atoms with Crippen LogP contribution >= 0.6 is 11.3 Å². The number of aryl methyl sites for hydroxylation is 1. The summed E-state index contributed by atoms with van der Waals surface area (Å²) in [6, 6.07) is 9.63. The fraction of sp³-hybridized carbons (Fsp3) is 0.250. The molecule has 5 heteroatoms. The number of anilines is 1. The molecule has 0 radical (unpaired) electrons. The molecule has 1 aromatic carbocycles. The van der Waals surface area contributed by atoms with Gasteiger partial charge in [0.15, 0.2) is 0 Å². The SMILES string of the molecule is Cc1sc(NC(=O)C2CC2)c(C(N)=O)c1-c1ccccc1. The van der Waals surface area contributed by atoms with Crippen molar-refractivity contribution in [3.8, 4) is 11.1 Å². The summed E-state index contributed by atoms with van der Waals surface area (Å²) in [4.78, 5) is 24.8. The lowest BCUT2D eigenvalue weighted by atomic mass is 10.0. The van der Waals surface area contributed by atoms with Crippen molar-refractivity contribution in [3.05, 3.63) is 40.8 Å². The van der Waals surface area contributed by atoms with Crippen molar-refractivity contribution in [3.63, 3.8) is 0 Å². The molecule has 1 saturated carbocycles. The second-order valence-electron chi connectivity index (χ2n) is 5.23. The van der Waals surface area contributed by atoms with E-state index < -0.39 is 5.91 Å². The van der Waals surface area contributed by atoms with Crippen molar-refractivity contribution in [2.45, 2.75) is 19.8 Å². The smallest absolute Gasteiger partial charge is 0.252 e. The van der Waals surface area contributed by atoms with Crippen LogP contribution in [0.25, 0.3) is 11.1 Å². The van der Waals surface area contributed by atoms with E-state index in [0.717, 1.165) is 28.8 Å². The summed E-state index contributed by atoms with van der Waals surface area (Å²) in [5, 5.41) is 3.43. The van der Waals surface area contributed by atoms with E-state index in [1.165, 1.54) is 11.3 Å². The second-order valence-corrected chi connectivity index (χ2v) is 6.46. The van der Waals surface area contributed by atoms with E-state index in [2.05, 4.69) is 5.32 Å². The Kier molecular flexibility index (Phi) is 3.51. The summed E-state index contributed by atoms with van der Waals surface area (Å²) in [5.74, 6) is -0.434. The normalized spacial score (nSPS) is 14.0. The molecule has 0 atom stereocenters. The van der Waals surface area contributed by atoms with Gasteiger partial charge in [0.1, 0.15) is 5.00 Å². The number of benzene rings is 1. The van der Waals surface area contributed by atoms with Crippen LogP contribution in [0.1, 0.15) is 28.1 Å². The molecular weight excluding hydrogens is 284 g/mol. The van der Waals surface area contributed by atoms with Crippen molar-refractivity contribution < 1.29 is 9.59 Å². The lowest BCUT2D eigenvalue weighted by Gasteiger charge is -2.06. The van der Waals surface area contributed by atoms with Gasteiger partial charge in [0.2, 0.25) is 5.91 Å². The van der Waals surface area contributed by atoms with E-state index in [1.807, 2.05) is 37.3 Å². The molecular formula is C16H16N2O2S. The van der Waals surface area contributed by atoms with Gasteiger partial charge < -0.3 is 11.1 Å². The van der Waals surface area contributed by atoms with E-state index in [9.17, 15) is 9.59 Å². The standard InChI is InChI=1S/C16H16N2O2S/c1-9-12(10-5-3-2-4-6-10)13(14(17)19)16(21-9)18-15(20)11-7-8-11/h2-6,11H,7-8H2,1H3,(H2,17,19)(H,18,20). The first kappa shape index (κ1) is 13.8. The highest BCUT2D eigenvalue weighted by molar-refractivity contribution is 7.17. The summed E-state index contributed by atoms with van der Waals surface area (Å²) < 4.78 is 0. The monoisotopic (exact) mass is 300 g/mol. The Balaban J connectivity index is 2.05. The number of carbonyl (C=O) groups is 2. The number of thiophene rings is 1. The molecule has 0 unspecified atom stereocenters. The van der Waals surface area contributed by atoms with E-state index in [-0.39, 0.29) is 11.8 Å². The Hall–Kier alpha value is -2.14. The largest absolute Gasteiger partial charge is 0.365 e. The van der Waals surface area contributed by atoms with Crippen LogP contribution in [0.2, 0.25) is 0 Å². The fourth-order valence-corrected chi connectivity index (χ4v) is 3.46. The van der Waals surface area contributed by atoms with Crippen LogP contribution in [0.15, 0.2) is 30.3 Å². The Bertz CT molecular complexity index is 703. The first-order valence-corrected chi connectivity index (χ1v) is 7.69. The maximum Gasteiger partial charge on any atom is 0.252 e. The second kappa shape index (κ2) is 5.33. The Labute approximate surface area is 127 Å². The summed E-state index contributed by atoms with van der Waals surface area (Å²) in [5.41, 5.74) is 7.72. The molecule has 0 spiro atoms. The van der Waals surface area contributed by atoms with Gasteiger partial charge in [0, 0.05) is 16.4 Å². The number of amides is 2. The Morgan fingerprint density at radius 3 is 2.48 bits per heavy atom. The van der Waals surface area contributed by atoms with Gasteiger partial charge in [-0.2, -0.15) is 0 Å². The quantitative estimate of drug-likeness (QED) is 0.910. The molecule has 1 heterocycles. The fourth-order valence-electron chi connectivity index (χ4n) is 2.38. The predicted molar refractivity (Wildman–Crippen MR) is 84.4 cm³/mol. The average Bonchev–Trinajstić information content (AvgIpc) is 3.24. The molecule has 0 bridgehead atoms. The zero-order valence-electron chi connectivity index (χ0n) is 11.7. The van der Waals surface area contributed by atoms with E-state index in [1.54, 1.807) is 0 Å². The Morgan fingerprint density at radius 2 is 1.90 bits per heavy atom. The molecule has 1 aliphatic rings. The third-order valence-corrected chi connectivity index (χ3v) is 4.60. The highest BCUT2D eigenvalue weighted by atomic mass is 32.1. The van der Waals surface area contributed by atoms with E-state index >= 15 is 0 Å². The highest BCUT2D eigenvalue weighted by Crippen LogP contribution is 2.40. The van der Waals surface area contributed by atoms with Gasteiger partial charge in [-0.1, -0.05) is 30.3 Å². The van der Waals surface area contributed by atoms with Gasteiger partial charge in [0.25, 0.3) is 5.91 Å². The molecule has 2 amide bonds. The van der Waals surface area contributed by atoms with E-state index in [0.29, 0.717) is 10.6 Å². The van der Waals surface area contributed by atoms with Crippen molar-refractivity contribution >= 4 is 28.2 Å². The van der Waals surface area contributed by atoms with Crippen molar-refractivity contribution in [2.24, 2.45) is 11.7 Å². The Morgan fingerprint density at radius 1 is 1.24 bits per heavy atom. The molecule has 0 aliphatic heterocycles. The average molecular weight is 300 g/mol. The number of nitrogens with two attached hydrogens (primary N) is 1. The minimum absolute atomic E-state index is 0.0154. The number of hydrogen-bond donors (Lipinski definition) is 2. The van der Waals surface area contributed by atoms with Crippen LogP contribution in [0.3, 0.4) is 0 Å². The maximum atomic E-state index is 12.0. The molecule has 108 valence electrons. The van der Waals surface area contributed by atoms with Crippen LogP contribution in [0.5, 0.6) is 0 Å². The molecule has 1 aliphatic carbocycles. The predicted octanol–water partition coefficient (Wildman–Crippen LogP) is 3.17. The third-order valence-electron chi connectivity index (χ3n) is 3.58. The molecule has 4 nitrogen and oxygen atoms in total. The van der Waals surface area contributed by atoms with Gasteiger partial charge in [-0.3, -0.25) is 9.59 Å². The summed E-state index contributed by atoms with van der Waals surface area (Å²) in [7, 11) is 0. The van der Waals surface area contributed by atoms with Gasteiger partial charge in [-0.05, 0) is 25.3 Å². The van der Waals surface area contributed by atoms with Crippen LogP contribution < -0.4 is 11.1 Å². The summed E-state index contributed by atoms with van der Waals surface area (Å²) in [6.45, 7) is 1.94. The molecule has 3 N–H and O–H groups in total. The van der Waals surface area contributed by atoms with Gasteiger partial charge >= 0.3 is 0 Å². The molecule has 3 rings (SSSR count). The molecule has 1 fully saturated rings. The highest BCUT2D eigenvalue weighted by Gasteiger charge is 2.31. The zero-order chi connectivity index (χ0) is 15.0. The molecule has 21 heavy (non-hydrogen) atoms. The first-order chi connectivity index (χ1) is 10.1. The maximum absolute atomic E-state index is 12.0. The third kappa shape index (κ3) is 2.69. The lowest BCUT2D eigenvalue weighted by molar-refractivity contribution is -0.117. The van der Waals surface area contributed by atoms with Crippen LogP contribution in [0.4, 0.5) is 5.00 Å². The molecule has 2 aromatic rings. The van der Waals surface area contributed by atoms with Crippen LogP contribution in [-0.2, 0) is 4.79 Å². The number of carbonyl (C=O) groups excluding carboxylic acids is 2. The number of nitrogens with one attached hydrogen (secondary N) is 1. The van der Waals surface area contributed by atoms with Gasteiger partial charge in [-0.25, -0.2) is 0 Å². The molecule has 0 saturated heterocycles. The first-order valence-electron chi connectivity index (χ1n) is 6.87. The molecule has 1 aromatic heterocycles. The topological polar surface area (TPSA) is 72.2 Å². The van der Waals surface area contributed by atoms with Gasteiger partial charge in [0.05, 0.1) is 5.56 Å². The lowest BCUT2D eigenvalue weighted by Crippen LogP contribution is -2.18. The number of hydrogen-bond acceptors (Lipinski definition) is 3. The minimum Gasteiger partial charge on any atom is -0.365 e. The van der Waals surface area contributed by atoms with Crippen LogP contribution in [0, 0.1) is 12.8 Å². The zero-order valence-corrected chi connectivity index (χ0v) is 12.5.